The van der Waals surface area contributed by atoms with E-state index in [4.69, 9.17) is 10.5 Å². The zero-order valence-corrected chi connectivity index (χ0v) is 13.2. The topological polar surface area (TPSA) is 48.1 Å². The van der Waals surface area contributed by atoms with Crippen LogP contribution >= 0.6 is 0 Å². The first-order valence-electron chi connectivity index (χ1n) is 8.13. The van der Waals surface area contributed by atoms with Gasteiger partial charge in [0.2, 0.25) is 0 Å². The number of benzene rings is 2. The Morgan fingerprint density at radius 3 is 2.43 bits per heavy atom. The zero-order valence-electron chi connectivity index (χ0n) is 13.2. The molecular formula is C20H22N2O. The smallest absolute Gasteiger partial charge is 0.127 e. The van der Waals surface area contributed by atoms with Gasteiger partial charge in [0.25, 0.3) is 0 Å². The molecule has 2 aromatic carbocycles. The highest BCUT2D eigenvalue weighted by Gasteiger charge is 2.04. The summed E-state index contributed by atoms with van der Waals surface area (Å²) in [4.78, 5) is 4.04. The molecule has 1 heterocycles. The van der Waals surface area contributed by atoms with Crippen molar-refractivity contribution >= 4 is 16.5 Å². The first-order valence-corrected chi connectivity index (χ1v) is 8.13. The Bertz CT molecular complexity index is 756. The van der Waals surface area contributed by atoms with Crippen molar-refractivity contribution in [3.8, 4) is 5.75 Å². The highest BCUT2D eigenvalue weighted by atomic mass is 16.5. The molecule has 0 spiro atoms. The van der Waals surface area contributed by atoms with E-state index in [1.165, 1.54) is 12.0 Å². The van der Waals surface area contributed by atoms with Crippen molar-refractivity contribution in [2.75, 3.05) is 12.3 Å². The van der Waals surface area contributed by atoms with Crippen molar-refractivity contribution in [1.82, 2.24) is 4.98 Å². The van der Waals surface area contributed by atoms with E-state index in [2.05, 4.69) is 23.2 Å². The molecule has 0 atom stereocenters. The summed E-state index contributed by atoms with van der Waals surface area (Å²) in [5.74, 6) is 0.920. The third-order valence-corrected chi connectivity index (χ3v) is 4.03. The molecule has 0 bridgehead atoms. The van der Waals surface area contributed by atoms with Gasteiger partial charge in [0.1, 0.15) is 5.75 Å². The van der Waals surface area contributed by atoms with Crippen LogP contribution < -0.4 is 10.5 Å². The standard InChI is InChI=1S/C20H22N2O/c21-19-9-10-20(18-8-4-3-7-17(18)19)23-15-5-1-2-6-16-11-13-22-14-12-16/h3-4,7-14H,1-2,5-6,15,21H2. The van der Waals surface area contributed by atoms with E-state index >= 15 is 0 Å². The van der Waals surface area contributed by atoms with Gasteiger partial charge in [0, 0.05) is 28.9 Å². The predicted octanol–water partition coefficient (Wildman–Crippen LogP) is 4.61. The highest BCUT2D eigenvalue weighted by Crippen LogP contribution is 2.29. The van der Waals surface area contributed by atoms with Gasteiger partial charge < -0.3 is 10.5 Å². The molecular weight excluding hydrogens is 284 g/mol. The summed E-state index contributed by atoms with van der Waals surface area (Å²) in [6.45, 7) is 0.740. The minimum absolute atomic E-state index is 0.740. The van der Waals surface area contributed by atoms with E-state index in [9.17, 15) is 0 Å². The van der Waals surface area contributed by atoms with Gasteiger partial charge in [-0.25, -0.2) is 0 Å². The van der Waals surface area contributed by atoms with Crippen LogP contribution in [0.1, 0.15) is 24.8 Å². The predicted molar refractivity (Wildman–Crippen MR) is 95.6 cm³/mol. The molecule has 0 aliphatic rings. The van der Waals surface area contributed by atoms with Crippen LogP contribution in [0.5, 0.6) is 5.75 Å². The van der Waals surface area contributed by atoms with Gasteiger partial charge in [-0.3, -0.25) is 4.98 Å². The lowest BCUT2D eigenvalue weighted by Crippen LogP contribution is -1.99. The first-order chi connectivity index (χ1) is 11.3. The number of aromatic nitrogens is 1. The van der Waals surface area contributed by atoms with Crippen LogP contribution in [0.4, 0.5) is 5.69 Å². The molecule has 2 N–H and O–H groups in total. The Labute approximate surface area is 137 Å². The summed E-state index contributed by atoms with van der Waals surface area (Å²) >= 11 is 0. The Kier molecular flexibility index (Phi) is 5.09. The molecule has 0 unspecified atom stereocenters. The number of ether oxygens (including phenoxy) is 1. The fourth-order valence-corrected chi connectivity index (χ4v) is 2.76. The van der Waals surface area contributed by atoms with Crippen LogP contribution in [-0.2, 0) is 6.42 Å². The van der Waals surface area contributed by atoms with Gasteiger partial charge in [-0.1, -0.05) is 24.3 Å². The summed E-state index contributed by atoms with van der Waals surface area (Å²) in [5.41, 5.74) is 8.16. The van der Waals surface area contributed by atoms with Crippen LogP contribution in [0.25, 0.3) is 10.8 Å². The monoisotopic (exact) mass is 306 g/mol. The second-order valence-corrected chi connectivity index (χ2v) is 5.71. The lowest BCUT2D eigenvalue weighted by atomic mass is 10.1. The molecule has 0 aliphatic heterocycles. The Hall–Kier alpha value is -2.55. The van der Waals surface area contributed by atoms with Gasteiger partial charge in [0.15, 0.2) is 0 Å². The SMILES string of the molecule is Nc1ccc(OCCCCCc2ccncc2)c2ccccc12. The Morgan fingerprint density at radius 1 is 0.826 bits per heavy atom. The minimum atomic E-state index is 0.740. The number of nitrogens with two attached hydrogens (primary N) is 1. The minimum Gasteiger partial charge on any atom is -0.493 e. The van der Waals surface area contributed by atoms with Gasteiger partial charge in [-0.2, -0.15) is 0 Å². The van der Waals surface area contributed by atoms with Crippen LogP contribution in [0.2, 0.25) is 0 Å². The molecule has 0 saturated heterocycles. The number of unbranched alkanes of at least 4 members (excludes halogenated alkanes) is 2. The summed E-state index contributed by atoms with van der Waals surface area (Å²) in [6, 6.07) is 16.2. The van der Waals surface area contributed by atoms with Gasteiger partial charge in [0.05, 0.1) is 6.61 Å². The maximum absolute atomic E-state index is 6.01. The second kappa shape index (κ2) is 7.63. The molecule has 0 amide bonds. The molecule has 23 heavy (non-hydrogen) atoms. The van der Waals surface area contributed by atoms with E-state index in [1.807, 2.05) is 42.7 Å². The third-order valence-electron chi connectivity index (χ3n) is 4.03. The molecule has 3 aromatic rings. The number of pyridine rings is 1. The van der Waals surface area contributed by atoms with E-state index in [0.29, 0.717) is 0 Å². The summed E-state index contributed by atoms with van der Waals surface area (Å²) in [5, 5.41) is 2.15. The Balaban J connectivity index is 1.47. The molecule has 0 aliphatic carbocycles. The molecule has 3 rings (SSSR count). The molecule has 1 aromatic heterocycles. The fraction of sp³-hybridized carbons (Fsp3) is 0.250. The van der Waals surface area contributed by atoms with Crippen molar-refractivity contribution in [1.29, 1.82) is 0 Å². The molecule has 0 radical (unpaired) electrons. The van der Waals surface area contributed by atoms with Crippen LogP contribution in [0, 0.1) is 0 Å². The largest absolute Gasteiger partial charge is 0.493 e. The van der Waals surface area contributed by atoms with E-state index in [0.717, 1.165) is 48.1 Å². The van der Waals surface area contributed by atoms with Gasteiger partial charge >= 0.3 is 0 Å². The molecule has 118 valence electrons. The summed E-state index contributed by atoms with van der Waals surface area (Å²) in [7, 11) is 0. The number of hydrogen-bond acceptors (Lipinski definition) is 3. The quantitative estimate of drug-likeness (QED) is 0.512. The zero-order chi connectivity index (χ0) is 15.9. The normalized spacial score (nSPS) is 10.8. The number of fused-ring (bicyclic) bond motifs is 1. The van der Waals surface area contributed by atoms with Crippen molar-refractivity contribution in [2.24, 2.45) is 0 Å². The van der Waals surface area contributed by atoms with Crippen molar-refractivity contribution in [2.45, 2.75) is 25.7 Å². The van der Waals surface area contributed by atoms with Crippen molar-refractivity contribution in [3.63, 3.8) is 0 Å². The maximum atomic E-state index is 6.01. The van der Waals surface area contributed by atoms with Gasteiger partial charge in [-0.15, -0.1) is 0 Å². The molecule has 3 heteroatoms. The van der Waals surface area contributed by atoms with E-state index < -0.39 is 0 Å². The summed E-state index contributed by atoms with van der Waals surface area (Å²) in [6.07, 6.45) is 8.21. The fourth-order valence-electron chi connectivity index (χ4n) is 2.76. The highest BCUT2D eigenvalue weighted by molar-refractivity contribution is 5.96. The summed E-state index contributed by atoms with van der Waals surface area (Å²) < 4.78 is 5.96. The number of anilines is 1. The van der Waals surface area contributed by atoms with E-state index in [-0.39, 0.29) is 0 Å². The number of hydrogen-bond donors (Lipinski definition) is 1. The second-order valence-electron chi connectivity index (χ2n) is 5.71. The molecule has 0 saturated carbocycles. The average molecular weight is 306 g/mol. The Morgan fingerprint density at radius 2 is 1.61 bits per heavy atom. The van der Waals surface area contributed by atoms with Crippen LogP contribution in [-0.4, -0.2) is 11.6 Å². The number of nitrogens with zero attached hydrogens (tertiary/aromatic N) is 1. The molecule has 0 fully saturated rings. The molecule has 3 nitrogen and oxygen atoms in total. The van der Waals surface area contributed by atoms with Crippen LogP contribution in [0.3, 0.4) is 0 Å². The first kappa shape index (κ1) is 15.3. The maximum Gasteiger partial charge on any atom is 0.127 e. The lowest BCUT2D eigenvalue weighted by molar-refractivity contribution is 0.309. The lowest BCUT2D eigenvalue weighted by Gasteiger charge is -2.11. The average Bonchev–Trinajstić information content (AvgIpc) is 2.61. The number of aryl methyl sites for hydroxylation is 1. The van der Waals surface area contributed by atoms with Crippen LogP contribution in [0.15, 0.2) is 60.9 Å². The third kappa shape index (κ3) is 4.01. The number of nitrogen functional groups attached to an aromatic ring is 1. The van der Waals surface area contributed by atoms with Crippen molar-refractivity contribution < 1.29 is 4.74 Å². The van der Waals surface area contributed by atoms with Gasteiger partial charge in [-0.05, 0) is 55.5 Å². The van der Waals surface area contributed by atoms with Crippen molar-refractivity contribution in [3.05, 3.63) is 66.5 Å². The number of rotatable bonds is 7. The van der Waals surface area contributed by atoms with E-state index in [1.54, 1.807) is 0 Å².